The first-order chi connectivity index (χ1) is 15.5. The van der Waals surface area contributed by atoms with Crippen LogP contribution in [-0.4, -0.2) is 18.7 Å². The van der Waals surface area contributed by atoms with E-state index in [9.17, 15) is 14.0 Å². The van der Waals surface area contributed by atoms with Crippen molar-refractivity contribution in [2.45, 2.75) is 13.1 Å². The number of fused-ring (bicyclic) bond motifs is 3. The van der Waals surface area contributed by atoms with E-state index >= 15 is 0 Å². The Morgan fingerprint density at radius 1 is 0.875 bits per heavy atom. The van der Waals surface area contributed by atoms with Crippen molar-refractivity contribution in [3.05, 3.63) is 123 Å². The molecule has 0 bridgehead atoms. The highest BCUT2D eigenvalue weighted by molar-refractivity contribution is 5.80. The van der Waals surface area contributed by atoms with Crippen molar-refractivity contribution in [1.29, 1.82) is 0 Å². The number of halogens is 1. The van der Waals surface area contributed by atoms with E-state index in [1.165, 1.54) is 25.8 Å². The SMILES string of the molecule is C=Cc1ccc(Cn2nc3n(Cc4ccc(F)cc4)c(=O)c4ccccc4n3c2=O)cc1. The van der Waals surface area contributed by atoms with Gasteiger partial charge in [0.15, 0.2) is 0 Å². The van der Waals surface area contributed by atoms with Crippen LogP contribution in [0, 0.1) is 5.82 Å². The van der Waals surface area contributed by atoms with Crippen molar-refractivity contribution < 1.29 is 4.39 Å². The van der Waals surface area contributed by atoms with E-state index in [-0.39, 0.29) is 35.9 Å². The summed E-state index contributed by atoms with van der Waals surface area (Å²) in [6.45, 7) is 4.18. The summed E-state index contributed by atoms with van der Waals surface area (Å²) in [5, 5.41) is 4.93. The summed E-state index contributed by atoms with van der Waals surface area (Å²) < 4.78 is 17.6. The first-order valence-electron chi connectivity index (χ1n) is 10.1. The zero-order chi connectivity index (χ0) is 22.2. The Labute approximate surface area is 182 Å². The second kappa shape index (κ2) is 7.77. The molecule has 0 saturated carbocycles. The highest BCUT2D eigenvalue weighted by Crippen LogP contribution is 2.14. The Morgan fingerprint density at radius 2 is 1.53 bits per heavy atom. The van der Waals surface area contributed by atoms with Crippen LogP contribution in [0.3, 0.4) is 0 Å². The molecule has 0 saturated heterocycles. The van der Waals surface area contributed by atoms with Gasteiger partial charge in [0.25, 0.3) is 5.56 Å². The molecule has 0 aliphatic carbocycles. The number of hydrogen-bond acceptors (Lipinski definition) is 3. The van der Waals surface area contributed by atoms with Gasteiger partial charge in [0.2, 0.25) is 5.78 Å². The zero-order valence-electron chi connectivity index (χ0n) is 17.1. The Hall–Kier alpha value is -4.26. The van der Waals surface area contributed by atoms with Gasteiger partial charge in [-0.1, -0.05) is 61.2 Å². The predicted octanol–water partition coefficient (Wildman–Crippen LogP) is 3.69. The second-order valence-corrected chi connectivity index (χ2v) is 7.56. The van der Waals surface area contributed by atoms with Crippen molar-refractivity contribution in [2.75, 3.05) is 0 Å². The largest absolute Gasteiger partial charge is 0.352 e. The van der Waals surface area contributed by atoms with E-state index in [1.807, 2.05) is 24.3 Å². The number of rotatable bonds is 5. The van der Waals surface area contributed by atoms with Crippen LogP contribution >= 0.6 is 0 Å². The summed E-state index contributed by atoms with van der Waals surface area (Å²) >= 11 is 0. The third-order valence-electron chi connectivity index (χ3n) is 5.49. The first-order valence-corrected chi connectivity index (χ1v) is 10.1. The van der Waals surface area contributed by atoms with Crippen LogP contribution in [0.1, 0.15) is 16.7 Å². The van der Waals surface area contributed by atoms with E-state index in [0.29, 0.717) is 10.9 Å². The molecule has 0 spiro atoms. The standard InChI is InChI=1S/C25H19FN4O2/c1-2-17-7-9-19(10-8-17)16-29-25(32)30-22-6-4-3-5-21(22)23(31)28(24(30)27-29)15-18-11-13-20(26)14-12-18/h2-14H,1,15-16H2. The fourth-order valence-electron chi connectivity index (χ4n) is 3.82. The molecule has 3 aromatic carbocycles. The van der Waals surface area contributed by atoms with Gasteiger partial charge in [-0.15, -0.1) is 5.10 Å². The molecule has 2 aromatic heterocycles. The number of hydrogen-bond donors (Lipinski definition) is 0. The molecule has 7 heteroatoms. The fraction of sp³-hybridized carbons (Fsp3) is 0.0800. The Morgan fingerprint density at radius 3 is 2.25 bits per heavy atom. The Balaban J connectivity index is 1.71. The topological polar surface area (TPSA) is 61.3 Å². The quantitative estimate of drug-likeness (QED) is 0.431. The fourth-order valence-corrected chi connectivity index (χ4v) is 3.82. The average molecular weight is 426 g/mol. The molecule has 0 aliphatic heterocycles. The van der Waals surface area contributed by atoms with E-state index in [1.54, 1.807) is 42.5 Å². The lowest BCUT2D eigenvalue weighted by Crippen LogP contribution is -2.27. The lowest BCUT2D eigenvalue weighted by atomic mass is 10.1. The second-order valence-electron chi connectivity index (χ2n) is 7.56. The van der Waals surface area contributed by atoms with Crippen molar-refractivity contribution in [2.24, 2.45) is 0 Å². The van der Waals surface area contributed by atoms with Crippen molar-refractivity contribution >= 4 is 22.8 Å². The minimum atomic E-state index is -0.354. The van der Waals surface area contributed by atoms with Crippen molar-refractivity contribution in [3.63, 3.8) is 0 Å². The van der Waals surface area contributed by atoms with Gasteiger partial charge < -0.3 is 0 Å². The lowest BCUT2D eigenvalue weighted by molar-refractivity contribution is 0.626. The normalized spacial score (nSPS) is 11.3. The van der Waals surface area contributed by atoms with E-state index in [2.05, 4.69) is 11.7 Å². The molecule has 6 nitrogen and oxygen atoms in total. The molecule has 158 valence electrons. The molecule has 0 unspecified atom stereocenters. The van der Waals surface area contributed by atoms with Crippen LogP contribution in [0.5, 0.6) is 0 Å². The van der Waals surface area contributed by atoms with Gasteiger partial charge in [-0.05, 0) is 41.0 Å². The molecule has 32 heavy (non-hydrogen) atoms. The van der Waals surface area contributed by atoms with E-state index in [0.717, 1.165) is 16.7 Å². The highest BCUT2D eigenvalue weighted by Gasteiger charge is 2.17. The number of aromatic nitrogens is 4. The van der Waals surface area contributed by atoms with Gasteiger partial charge in [0, 0.05) is 0 Å². The van der Waals surface area contributed by atoms with Gasteiger partial charge >= 0.3 is 5.69 Å². The smallest absolute Gasteiger partial charge is 0.272 e. The maximum Gasteiger partial charge on any atom is 0.352 e. The van der Waals surface area contributed by atoms with Crippen molar-refractivity contribution in [1.82, 2.24) is 18.7 Å². The summed E-state index contributed by atoms with van der Waals surface area (Å²) in [5.74, 6) is -0.113. The van der Waals surface area contributed by atoms with Gasteiger partial charge in [0.1, 0.15) is 5.82 Å². The van der Waals surface area contributed by atoms with Crippen LogP contribution in [0.25, 0.3) is 22.8 Å². The average Bonchev–Trinajstić information content (AvgIpc) is 3.14. The minimum Gasteiger partial charge on any atom is -0.272 e. The third-order valence-corrected chi connectivity index (χ3v) is 5.49. The van der Waals surface area contributed by atoms with Crippen LogP contribution in [0.2, 0.25) is 0 Å². The van der Waals surface area contributed by atoms with Gasteiger partial charge in [-0.2, -0.15) is 0 Å². The highest BCUT2D eigenvalue weighted by atomic mass is 19.1. The summed E-state index contributed by atoms with van der Waals surface area (Å²) in [5.41, 5.74) is 2.52. The molecule has 5 rings (SSSR count). The number of para-hydroxylation sites is 1. The van der Waals surface area contributed by atoms with Crippen LogP contribution in [0.15, 0.2) is 89.0 Å². The molecule has 0 radical (unpaired) electrons. The maximum atomic E-state index is 13.3. The van der Waals surface area contributed by atoms with E-state index in [4.69, 9.17) is 0 Å². The van der Waals surface area contributed by atoms with Crippen molar-refractivity contribution in [3.8, 4) is 0 Å². The summed E-state index contributed by atoms with van der Waals surface area (Å²) in [6, 6.07) is 20.5. The molecule has 5 aromatic rings. The summed E-state index contributed by atoms with van der Waals surface area (Å²) in [6.07, 6.45) is 1.75. The van der Waals surface area contributed by atoms with Gasteiger partial charge in [0.05, 0.1) is 24.0 Å². The lowest BCUT2D eigenvalue weighted by Gasteiger charge is -2.09. The monoisotopic (exact) mass is 426 g/mol. The number of benzene rings is 3. The first kappa shape index (κ1) is 19.7. The molecule has 2 heterocycles. The number of nitrogens with zero attached hydrogens (tertiary/aromatic N) is 4. The molecule has 0 amide bonds. The minimum absolute atomic E-state index is 0.165. The van der Waals surface area contributed by atoms with E-state index < -0.39 is 0 Å². The molecular formula is C25H19FN4O2. The molecule has 0 N–H and O–H groups in total. The molecular weight excluding hydrogens is 407 g/mol. The van der Waals surface area contributed by atoms with Gasteiger partial charge in [-0.3, -0.25) is 9.36 Å². The summed E-state index contributed by atoms with van der Waals surface area (Å²) in [7, 11) is 0. The van der Waals surface area contributed by atoms with Crippen LogP contribution < -0.4 is 11.2 Å². The maximum absolute atomic E-state index is 13.3. The Bertz CT molecular complexity index is 1580. The Kier molecular flexibility index (Phi) is 4.78. The zero-order valence-corrected chi connectivity index (χ0v) is 17.1. The predicted molar refractivity (Wildman–Crippen MR) is 122 cm³/mol. The van der Waals surface area contributed by atoms with Crippen LogP contribution in [-0.2, 0) is 13.1 Å². The molecule has 0 fully saturated rings. The summed E-state index contributed by atoms with van der Waals surface area (Å²) in [4.78, 5) is 26.6. The molecule has 0 atom stereocenters. The van der Waals surface area contributed by atoms with Crippen LogP contribution in [0.4, 0.5) is 4.39 Å². The molecule has 0 aliphatic rings. The van der Waals surface area contributed by atoms with Gasteiger partial charge in [-0.25, -0.2) is 18.3 Å². The third kappa shape index (κ3) is 3.33.